The fourth-order valence-electron chi connectivity index (χ4n) is 2.09. The molecule has 8 nitrogen and oxygen atoms in total. The van der Waals surface area contributed by atoms with Crippen molar-refractivity contribution >= 4 is 11.0 Å². The average molecular weight is 280 g/mol. The summed E-state index contributed by atoms with van der Waals surface area (Å²) in [5.74, 6) is 0.643. The largest absolute Gasteiger partial charge is 0.333 e. The van der Waals surface area contributed by atoms with E-state index in [2.05, 4.69) is 30.1 Å². The third kappa shape index (κ3) is 1.89. The van der Waals surface area contributed by atoms with Crippen molar-refractivity contribution in [2.45, 2.75) is 0 Å². The quantitative estimate of drug-likeness (QED) is 0.573. The summed E-state index contributed by atoms with van der Waals surface area (Å²) in [6.45, 7) is 0. The van der Waals surface area contributed by atoms with Crippen LogP contribution in [0.15, 0.2) is 46.1 Å². The highest BCUT2D eigenvalue weighted by atomic mass is 16.5. The van der Waals surface area contributed by atoms with Gasteiger partial charge in [-0.15, -0.1) is 0 Å². The Morgan fingerprint density at radius 3 is 2.95 bits per heavy atom. The van der Waals surface area contributed by atoms with E-state index in [0.717, 1.165) is 0 Å². The van der Waals surface area contributed by atoms with Crippen LogP contribution in [0.25, 0.3) is 34.0 Å². The zero-order valence-corrected chi connectivity index (χ0v) is 10.6. The molecule has 1 aromatic carbocycles. The normalized spacial score (nSPS) is 11.0. The van der Waals surface area contributed by atoms with Gasteiger partial charge >= 0.3 is 5.69 Å². The smallest absolute Gasteiger partial charge is 0.323 e. The maximum atomic E-state index is 11.4. The third-order valence-electron chi connectivity index (χ3n) is 3.00. The van der Waals surface area contributed by atoms with Crippen LogP contribution in [0.1, 0.15) is 0 Å². The van der Waals surface area contributed by atoms with Gasteiger partial charge in [0.1, 0.15) is 5.69 Å². The van der Waals surface area contributed by atoms with Crippen LogP contribution in [-0.2, 0) is 0 Å². The minimum Gasteiger partial charge on any atom is -0.333 e. The first-order valence-corrected chi connectivity index (χ1v) is 6.13. The van der Waals surface area contributed by atoms with Gasteiger partial charge < -0.3 is 14.5 Å². The van der Waals surface area contributed by atoms with Crippen molar-refractivity contribution in [1.29, 1.82) is 0 Å². The first kappa shape index (κ1) is 11.5. The summed E-state index contributed by atoms with van der Waals surface area (Å²) in [7, 11) is 0. The Morgan fingerprint density at radius 2 is 2.10 bits per heavy atom. The molecule has 0 aliphatic heterocycles. The van der Waals surface area contributed by atoms with E-state index in [1.807, 2.05) is 0 Å². The number of hydrogen-bond acceptors (Lipinski definition) is 6. The molecule has 21 heavy (non-hydrogen) atoms. The second-order valence-corrected chi connectivity index (χ2v) is 4.32. The Bertz CT molecular complexity index is 969. The third-order valence-corrected chi connectivity index (χ3v) is 3.00. The summed E-state index contributed by atoms with van der Waals surface area (Å²) in [4.78, 5) is 29.2. The molecule has 0 radical (unpaired) electrons. The average Bonchev–Trinajstić information content (AvgIpc) is 3.13. The molecule has 0 unspecified atom stereocenters. The summed E-state index contributed by atoms with van der Waals surface area (Å²) < 4.78 is 5.26. The van der Waals surface area contributed by atoms with E-state index in [9.17, 15) is 4.79 Å². The number of H-pyrrole nitrogens is 2. The fourth-order valence-corrected chi connectivity index (χ4v) is 2.09. The Kier molecular flexibility index (Phi) is 2.40. The van der Waals surface area contributed by atoms with E-state index in [4.69, 9.17) is 4.52 Å². The molecular formula is C13H8N6O2. The number of benzene rings is 1. The van der Waals surface area contributed by atoms with E-state index in [-0.39, 0.29) is 5.69 Å². The van der Waals surface area contributed by atoms with Crippen LogP contribution in [0.4, 0.5) is 0 Å². The maximum Gasteiger partial charge on any atom is 0.323 e. The molecule has 0 atom stereocenters. The van der Waals surface area contributed by atoms with Gasteiger partial charge in [0.15, 0.2) is 0 Å². The first-order valence-electron chi connectivity index (χ1n) is 6.13. The second kappa shape index (κ2) is 4.37. The number of aromatic nitrogens is 6. The molecule has 0 bridgehead atoms. The number of para-hydroxylation sites is 1. The Balaban J connectivity index is 1.87. The number of imidazole rings is 1. The van der Waals surface area contributed by atoms with Crippen LogP contribution in [0, 0.1) is 0 Å². The molecule has 8 heteroatoms. The molecule has 0 fully saturated rings. The highest BCUT2D eigenvalue weighted by Gasteiger charge is 2.15. The van der Waals surface area contributed by atoms with Gasteiger partial charge in [0.05, 0.1) is 22.8 Å². The van der Waals surface area contributed by atoms with Gasteiger partial charge in [-0.1, -0.05) is 11.2 Å². The fraction of sp³-hybridized carbons (Fsp3) is 0. The van der Waals surface area contributed by atoms with Gasteiger partial charge in [0, 0.05) is 12.4 Å². The standard InChI is InChI=1S/C13H8N6O2/c20-13-16-8-3-1-2-7(10(8)17-13)12-18-11(19-21-12)9-6-14-4-5-15-9/h1-6H,(H2,16,17,20). The van der Waals surface area contributed by atoms with Gasteiger partial charge in [-0.2, -0.15) is 4.98 Å². The van der Waals surface area contributed by atoms with Crippen LogP contribution in [0.3, 0.4) is 0 Å². The maximum absolute atomic E-state index is 11.4. The van der Waals surface area contributed by atoms with Crippen LogP contribution in [0.5, 0.6) is 0 Å². The van der Waals surface area contributed by atoms with E-state index in [0.29, 0.717) is 34.0 Å². The molecule has 2 N–H and O–H groups in total. The van der Waals surface area contributed by atoms with Crippen molar-refractivity contribution in [1.82, 2.24) is 30.1 Å². The van der Waals surface area contributed by atoms with Crippen LogP contribution in [0.2, 0.25) is 0 Å². The number of nitrogens with one attached hydrogen (secondary N) is 2. The van der Waals surface area contributed by atoms with E-state index >= 15 is 0 Å². The topological polar surface area (TPSA) is 113 Å². The van der Waals surface area contributed by atoms with Crippen molar-refractivity contribution in [2.24, 2.45) is 0 Å². The Hall–Kier alpha value is -3.29. The van der Waals surface area contributed by atoms with Gasteiger partial charge in [0.2, 0.25) is 5.82 Å². The predicted molar refractivity (Wildman–Crippen MR) is 73.2 cm³/mol. The molecule has 0 aliphatic rings. The van der Waals surface area contributed by atoms with Crippen molar-refractivity contribution in [3.63, 3.8) is 0 Å². The van der Waals surface area contributed by atoms with E-state index < -0.39 is 0 Å². The molecular weight excluding hydrogens is 272 g/mol. The van der Waals surface area contributed by atoms with Gasteiger partial charge in [-0.3, -0.25) is 4.98 Å². The second-order valence-electron chi connectivity index (χ2n) is 4.32. The lowest BCUT2D eigenvalue weighted by molar-refractivity contribution is 0.432. The molecule has 3 heterocycles. The zero-order valence-electron chi connectivity index (χ0n) is 10.6. The Morgan fingerprint density at radius 1 is 1.14 bits per heavy atom. The molecule has 3 aromatic heterocycles. The van der Waals surface area contributed by atoms with Crippen molar-refractivity contribution < 1.29 is 4.52 Å². The van der Waals surface area contributed by atoms with Crippen LogP contribution in [-0.4, -0.2) is 30.1 Å². The highest BCUT2D eigenvalue weighted by molar-refractivity contribution is 5.89. The lowest BCUT2D eigenvalue weighted by atomic mass is 10.2. The van der Waals surface area contributed by atoms with Crippen molar-refractivity contribution in [2.75, 3.05) is 0 Å². The molecule has 0 amide bonds. The monoisotopic (exact) mass is 280 g/mol. The van der Waals surface area contributed by atoms with Gasteiger partial charge in [-0.05, 0) is 12.1 Å². The number of fused-ring (bicyclic) bond motifs is 1. The summed E-state index contributed by atoms with van der Waals surface area (Å²) in [5, 5.41) is 3.89. The number of rotatable bonds is 2. The zero-order chi connectivity index (χ0) is 14.2. The van der Waals surface area contributed by atoms with Crippen LogP contribution < -0.4 is 5.69 Å². The minimum atomic E-state index is -0.286. The van der Waals surface area contributed by atoms with Crippen molar-refractivity contribution in [3.05, 3.63) is 47.3 Å². The van der Waals surface area contributed by atoms with Crippen molar-refractivity contribution in [3.8, 4) is 23.0 Å². The molecule has 102 valence electrons. The summed E-state index contributed by atoms with van der Waals surface area (Å²) in [5.41, 5.74) is 2.18. The first-order chi connectivity index (χ1) is 10.3. The molecule has 0 spiro atoms. The lowest BCUT2D eigenvalue weighted by Gasteiger charge is -1.95. The van der Waals surface area contributed by atoms with Crippen LogP contribution >= 0.6 is 0 Å². The highest BCUT2D eigenvalue weighted by Crippen LogP contribution is 2.25. The summed E-state index contributed by atoms with van der Waals surface area (Å²) in [6, 6.07) is 5.38. The number of nitrogens with zero attached hydrogens (tertiary/aromatic N) is 4. The predicted octanol–water partition coefficient (Wildman–Crippen LogP) is 1.36. The molecule has 4 aromatic rings. The Labute approximate surface area is 116 Å². The van der Waals surface area contributed by atoms with Gasteiger partial charge in [-0.25, -0.2) is 9.78 Å². The number of aromatic amines is 2. The van der Waals surface area contributed by atoms with E-state index in [1.165, 1.54) is 0 Å². The summed E-state index contributed by atoms with van der Waals surface area (Å²) >= 11 is 0. The molecule has 4 rings (SSSR count). The minimum absolute atomic E-state index is 0.286. The van der Waals surface area contributed by atoms with Gasteiger partial charge in [0.25, 0.3) is 5.89 Å². The molecule has 0 aliphatic carbocycles. The summed E-state index contributed by atoms with van der Waals surface area (Å²) in [6.07, 6.45) is 4.67. The number of hydrogen-bond donors (Lipinski definition) is 2. The molecule has 0 saturated carbocycles. The SMILES string of the molecule is O=c1[nH]c2cccc(-c3nc(-c4cnccn4)no3)c2[nH]1. The molecule has 0 saturated heterocycles. The van der Waals surface area contributed by atoms with E-state index in [1.54, 1.807) is 36.8 Å². The lowest BCUT2D eigenvalue weighted by Crippen LogP contribution is -1.99.